The summed E-state index contributed by atoms with van der Waals surface area (Å²) in [5.41, 5.74) is 11.8. The van der Waals surface area contributed by atoms with Crippen LogP contribution < -0.4 is 16.0 Å². The van der Waals surface area contributed by atoms with Crippen LogP contribution in [0.2, 0.25) is 0 Å². The lowest BCUT2D eigenvalue weighted by molar-refractivity contribution is 0.700. The number of nitrogen functional groups attached to an aromatic ring is 1. The summed E-state index contributed by atoms with van der Waals surface area (Å²) in [4.78, 5) is 11.5. The highest BCUT2D eigenvalue weighted by Gasteiger charge is 2.21. The van der Waals surface area contributed by atoms with E-state index in [1.165, 1.54) is 24.6 Å². The van der Waals surface area contributed by atoms with Crippen LogP contribution in [0.3, 0.4) is 0 Å². The van der Waals surface area contributed by atoms with E-state index >= 15 is 0 Å². The first-order chi connectivity index (χ1) is 12.6. The van der Waals surface area contributed by atoms with Gasteiger partial charge in [-0.05, 0) is 43.0 Å². The van der Waals surface area contributed by atoms with Crippen molar-refractivity contribution in [2.45, 2.75) is 38.8 Å². The Bertz CT molecular complexity index is 869. The molecular formula is C20H24N6. The Morgan fingerprint density at radius 2 is 2.15 bits per heavy atom. The molecule has 4 N–H and O–H groups in total. The summed E-state index contributed by atoms with van der Waals surface area (Å²) in [7, 11) is 0. The molecule has 1 aliphatic carbocycles. The molecule has 0 spiro atoms. The molecule has 0 unspecified atom stereocenters. The third-order valence-electron chi connectivity index (χ3n) is 4.95. The third kappa shape index (κ3) is 3.40. The normalized spacial score (nSPS) is 17.0. The fraction of sp³-hybridized carbons (Fsp3) is 0.350. The summed E-state index contributed by atoms with van der Waals surface area (Å²) >= 11 is 0. The van der Waals surface area contributed by atoms with Gasteiger partial charge in [-0.3, -0.25) is 4.98 Å². The molecule has 0 radical (unpaired) electrons. The van der Waals surface area contributed by atoms with Crippen molar-refractivity contribution in [3.63, 3.8) is 0 Å². The molecule has 1 aliphatic heterocycles. The van der Waals surface area contributed by atoms with E-state index in [2.05, 4.69) is 26.3 Å². The number of hydrogen-bond donors (Lipinski definition) is 3. The molecule has 1 fully saturated rings. The first kappa shape index (κ1) is 16.6. The quantitative estimate of drug-likeness (QED) is 0.723. The number of aromatic nitrogens is 2. The maximum atomic E-state index is 7.73. The van der Waals surface area contributed by atoms with Crippen molar-refractivity contribution in [1.82, 2.24) is 15.3 Å². The highest BCUT2D eigenvalue weighted by molar-refractivity contribution is 6.08. The summed E-state index contributed by atoms with van der Waals surface area (Å²) in [5.74, 6) is 0.980. The molecule has 0 atom stereocenters. The van der Waals surface area contributed by atoms with E-state index in [0.29, 0.717) is 11.7 Å². The van der Waals surface area contributed by atoms with Crippen LogP contribution in [0.25, 0.3) is 5.57 Å². The van der Waals surface area contributed by atoms with Crippen LogP contribution in [-0.2, 0) is 13.0 Å². The standard InChI is InChI=1S/C20H24N6/c1-13-6-17(22)11-25-20(13)26-5-4-19-15(12-26)7-14(9-24-19)16(8-21)10-23-18-2-3-18/h6-11,18,21,23H,2-5,12,22H2,1H3/b16-10+,21-8?. The minimum atomic E-state index is 0.575. The van der Waals surface area contributed by atoms with Crippen molar-refractivity contribution in [3.8, 4) is 0 Å². The van der Waals surface area contributed by atoms with Gasteiger partial charge in [-0.15, -0.1) is 0 Å². The number of anilines is 2. The molecule has 134 valence electrons. The highest BCUT2D eigenvalue weighted by Crippen LogP contribution is 2.27. The first-order valence-electron chi connectivity index (χ1n) is 9.06. The molecule has 6 nitrogen and oxygen atoms in total. The molecule has 0 bridgehead atoms. The third-order valence-corrected chi connectivity index (χ3v) is 4.95. The van der Waals surface area contributed by atoms with E-state index in [1.807, 2.05) is 25.4 Å². The van der Waals surface area contributed by atoms with Gasteiger partial charge in [0, 0.05) is 61.0 Å². The molecule has 0 aromatic carbocycles. The van der Waals surface area contributed by atoms with Crippen LogP contribution in [0.4, 0.5) is 11.5 Å². The summed E-state index contributed by atoms with van der Waals surface area (Å²) in [6.45, 7) is 3.71. The number of nitrogens with one attached hydrogen (secondary N) is 2. The van der Waals surface area contributed by atoms with Gasteiger partial charge in [0.1, 0.15) is 5.82 Å². The van der Waals surface area contributed by atoms with E-state index in [4.69, 9.17) is 11.1 Å². The minimum absolute atomic E-state index is 0.575. The topological polar surface area (TPSA) is 90.9 Å². The fourth-order valence-electron chi connectivity index (χ4n) is 3.35. The lowest BCUT2D eigenvalue weighted by Crippen LogP contribution is -2.32. The van der Waals surface area contributed by atoms with Crippen LogP contribution in [0.1, 0.15) is 35.2 Å². The number of rotatable bonds is 5. The van der Waals surface area contributed by atoms with Gasteiger partial charge in [0.15, 0.2) is 0 Å². The Hall–Kier alpha value is -2.89. The Labute approximate surface area is 153 Å². The maximum Gasteiger partial charge on any atom is 0.131 e. The number of hydrogen-bond acceptors (Lipinski definition) is 6. The van der Waals surface area contributed by atoms with Crippen molar-refractivity contribution in [2.75, 3.05) is 17.2 Å². The summed E-state index contributed by atoms with van der Waals surface area (Å²) in [5, 5.41) is 11.1. The van der Waals surface area contributed by atoms with Crippen LogP contribution >= 0.6 is 0 Å². The fourth-order valence-corrected chi connectivity index (χ4v) is 3.35. The van der Waals surface area contributed by atoms with Crippen molar-refractivity contribution in [3.05, 3.63) is 53.1 Å². The van der Waals surface area contributed by atoms with Crippen molar-refractivity contribution in [2.24, 2.45) is 0 Å². The molecule has 3 heterocycles. The number of nitrogens with two attached hydrogens (primary N) is 1. The predicted molar refractivity (Wildman–Crippen MR) is 105 cm³/mol. The summed E-state index contributed by atoms with van der Waals surface area (Å²) in [6.07, 6.45) is 10.3. The Balaban J connectivity index is 1.59. The molecule has 6 heteroatoms. The summed E-state index contributed by atoms with van der Waals surface area (Å²) < 4.78 is 0. The largest absolute Gasteiger partial charge is 0.397 e. The molecule has 26 heavy (non-hydrogen) atoms. The van der Waals surface area contributed by atoms with Gasteiger partial charge in [-0.2, -0.15) is 0 Å². The Morgan fingerprint density at radius 1 is 1.31 bits per heavy atom. The van der Waals surface area contributed by atoms with E-state index in [9.17, 15) is 0 Å². The molecule has 2 aromatic rings. The molecule has 0 saturated heterocycles. The minimum Gasteiger partial charge on any atom is -0.397 e. The monoisotopic (exact) mass is 348 g/mol. The van der Waals surface area contributed by atoms with Crippen LogP contribution in [0.5, 0.6) is 0 Å². The Kier molecular flexibility index (Phi) is 4.32. The SMILES string of the molecule is Cc1cc(N)cnc1N1CCc2ncc(/C(C=N)=C/NC3CC3)cc2C1. The van der Waals surface area contributed by atoms with E-state index in [0.717, 1.165) is 47.7 Å². The van der Waals surface area contributed by atoms with Gasteiger partial charge >= 0.3 is 0 Å². The Morgan fingerprint density at radius 3 is 2.88 bits per heavy atom. The zero-order valence-electron chi connectivity index (χ0n) is 15.0. The zero-order valence-corrected chi connectivity index (χ0v) is 15.0. The molecule has 1 saturated carbocycles. The molecule has 0 amide bonds. The second-order valence-electron chi connectivity index (χ2n) is 7.10. The number of fused-ring (bicyclic) bond motifs is 1. The second-order valence-corrected chi connectivity index (χ2v) is 7.10. The molecule has 4 rings (SSSR count). The van der Waals surface area contributed by atoms with Crippen molar-refractivity contribution in [1.29, 1.82) is 5.41 Å². The van der Waals surface area contributed by atoms with Gasteiger partial charge in [-0.1, -0.05) is 0 Å². The van der Waals surface area contributed by atoms with Gasteiger partial charge in [0.05, 0.1) is 11.9 Å². The van der Waals surface area contributed by atoms with Crippen LogP contribution in [-0.4, -0.2) is 28.8 Å². The lowest BCUT2D eigenvalue weighted by atomic mass is 10.0. The number of allylic oxidation sites excluding steroid dienone is 1. The number of aryl methyl sites for hydroxylation is 1. The van der Waals surface area contributed by atoms with Crippen molar-refractivity contribution < 1.29 is 0 Å². The van der Waals surface area contributed by atoms with Gasteiger partial charge < -0.3 is 21.4 Å². The predicted octanol–water partition coefficient (Wildman–Crippen LogP) is 2.67. The molecule has 2 aromatic heterocycles. The number of pyridine rings is 2. The lowest BCUT2D eigenvalue weighted by Gasteiger charge is -2.30. The first-order valence-corrected chi connectivity index (χ1v) is 9.06. The van der Waals surface area contributed by atoms with Gasteiger partial charge in [-0.25, -0.2) is 4.98 Å². The van der Waals surface area contributed by atoms with E-state index in [1.54, 1.807) is 6.20 Å². The second kappa shape index (κ2) is 6.78. The van der Waals surface area contributed by atoms with Crippen molar-refractivity contribution >= 4 is 23.3 Å². The summed E-state index contributed by atoms with van der Waals surface area (Å²) in [6, 6.07) is 4.70. The van der Waals surface area contributed by atoms with E-state index < -0.39 is 0 Å². The average Bonchev–Trinajstić information content (AvgIpc) is 3.46. The van der Waals surface area contributed by atoms with Gasteiger partial charge in [0.25, 0.3) is 0 Å². The van der Waals surface area contributed by atoms with E-state index in [-0.39, 0.29) is 0 Å². The van der Waals surface area contributed by atoms with Gasteiger partial charge in [0.2, 0.25) is 0 Å². The van der Waals surface area contributed by atoms with Crippen LogP contribution in [0, 0.1) is 12.3 Å². The maximum absolute atomic E-state index is 7.73. The zero-order chi connectivity index (χ0) is 18.1. The number of nitrogens with zero attached hydrogens (tertiary/aromatic N) is 3. The smallest absolute Gasteiger partial charge is 0.131 e. The average molecular weight is 348 g/mol. The van der Waals surface area contributed by atoms with Crippen LogP contribution in [0.15, 0.2) is 30.7 Å². The highest BCUT2D eigenvalue weighted by atomic mass is 15.2. The molecular weight excluding hydrogens is 324 g/mol. The molecule has 2 aliphatic rings.